The Bertz CT molecular complexity index is 416. The molecule has 2 atom stereocenters. The molecule has 19 heavy (non-hydrogen) atoms. The number of sulfone groups is 1. The molecule has 0 aromatic rings. The molecule has 0 amide bonds. The summed E-state index contributed by atoms with van der Waals surface area (Å²) in [5.41, 5.74) is 0. The number of allylic oxidation sites excluding steroid dienone is 1. The third-order valence-electron chi connectivity index (χ3n) is 3.88. The van der Waals surface area contributed by atoms with Gasteiger partial charge in [0, 0.05) is 0 Å². The molecule has 2 unspecified atom stereocenters. The maximum atomic E-state index is 12.3. The molecule has 2 heterocycles. The lowest BCUT2D eigenvalue weighted by atomic mass is 10.0. The first-order valence-electron chi connectivity index (χ1n) is 7.43. The molecule has 1 fully saturated rings. The first-order valence-corrected chi connectivity index (χ1v) is 9.14. The van der Waals surface area contributed by atoms with Crippen molar-refractivity contribution >= 4 is 9.84 Å². The number of hydrogen-bond donors (Lipinski definition) is 1. The maximum Gasteiger partial charge on any atom is 0.155 e. The van der Waals surface area contributed by atoms with E-state index >= 15 is 0 Å². The summed E-state index contributed by atoms with van der Waals surface area (Å²) in [6.07, 6.45) is 7.65. The maximum absolute atomic E-state index is 12.3. The van der Waals surface area contributed by atoms with Crippen molar-refractivity contribution in [3.63, 3.8) is 0 Å². The van der Waals surface area contributed by atoms with E-state index in [1.54, 1.807) is 0 Å². The van der Waals surface area contributed by atoms with Crippen LogP contribution in [-0.2, 0) is 14.6 Å². The second-order valence-corrected chi connectivity index (χ2v) is 7.77. The van der Waals surface area contributed by atoms with Gasteiger partial charge in [-0.25, -0.2) is 8.42 Å². The van der Waals surface area contributed by atoms with Crippen LogP contribution in [0.4, 0.5) is 0 Å². The monoisotopic (exact) mass is 287 g/mol. The molecular formula is C14H25NO3S. The molecule has 0 radical (unpaired) electrons. The van der Waals surface area contributed by atoms with Crippen molar-refractivity contribution in [2.45, 2.75) is 56.7 Å². The average Bonchev–Trinajstić information content (AvgIpc) is 2.42. The van der Waals surface area contributed by atoms with Crippen molar-refractivity contribution in [3.05, 3.63) is 11.8 Å². The second-order valence-electron chi connectivity index (χ2n) is 5.43. The summed E-state index contributed by atoms with van der Waals surface area (Å²) >= 11 is 0. The van der Waals surface area contributed by atoms with E-state index in [4.69, 9.17) is 4.74 Å². The van der Waals surface area contributed by atoms with Crippen LogP contribution in [0.1, 0.15) is 45.4 Å². The fraction of sp³-hybridized carbons (Fsp3) is 0.857. The fourth-order valence-corrected chi connectivity index (χ4v) is 4.94. The van der Waals surface area contributed by atoms with E-state index in [0.29, 0.717) is 12.4 Å². The van der Waals surface area contributed by atoms with Gasteiger partial charge in [-0.15, -0.1) is 0 Å². The third-order valence-corrected chi connectivity index (χ3v) is 6.17. The van der Waals surface area contributed by atoms with Crippen LogP contribution in [0, 0.1) is 0 Å². The van der Waals surface area contributed by atoms with Gasteiger partial charge in [-0.2, -0.15) is 0 Å². The highest BCUT2D eigenvalue weighted by molar-refractivity contribution is 7.92. The van der Waals surface area contributed by atoms with Crippen molar-refractivity contribution in [2.75, 3.05) is 18.9 Å². The number of hydrogen-bond acceptors (Lipinski definition) is 4. The summed E-state index contributed by atoms with van der Waals surface area (Å²) in [6, 6.07) is -0.148. The number of nitrogens with one attached hydrogen (secondary N) is 1. The Morgan fingerprint density at radius 1 is 1.42 bits per heavy atom. The zero-order chi connectivity index (χ0) is 13.7. The SMILES string of the molecule is CCCNC(C1=CCCCO1)C1CCCCS1(=O)=O. The zero-order valence-electron chi connectivity index (χ0n) is 11.7. The second kappa shape index (κ2) is 6.75. The van der Waals surface area contributed by atoms with E-state index in [1.807, 2.05) is 0 Å². The molecule has 0 spiro atoms. The zero-order valence-corrected chi connectivity index (χ0v) is 12.5. The third kappa shape index (κ3) is 3.72. The predicted octanol–water partition coefficient (Wildman–Crippen LogP) is 2.02. The fourth-order valence-electron chi connectivity index (χ4n) is 2.86. The number of ether oxygens (including phenoxy) is 1. The average molecular weight is 287 g/mol. The minimum Gasteiger partial charge on any atom is -0.497 e. The molecule has 0 aliphatic carbocycles. The molecule has 2 aliphatic heterocycles. The summed E-state index contributed by atoms with van der Waals surface area (Å²) in [5.74, 6) is 1.19. The van der Waals surface area contributed by atoms with Crippen molar-refractivity contribution in [3.8, 4) is 0 Å². The summed E-state index contributed by atoms with van der Waals surface area (Å²) in [5, 5.41) is 3.08. The highest BCUT2D eigenvalue weighted by Gasteiger charge is 2.38. The van der Waals surface area contributed by atoms with Crippen LogP contribution in [0.5, 0.6) is 0 Å². The molecule has 4 nitrogen and oxygen atoms in total. The van der Waals surface area contributed by atoms with Crippen LogP contribution in [0.2, 0.25) is 0 Å². The molecule has 5 heteroatoms. The first-order chi connectivity index (χ1) is 9.15. The van der Waals surface area contributed by atoms with Gasteiger partial charge in [-0.3, -0.25) is 0 Å². The smallest absolute Gasteiger partial charge is 0.155 e. The topological polar surface area (TPSA) is 55.4 Å². The Labute approximate surface area is 116 Å². The van der Waals surface area contributed by atoms with E-state index in [2.05, 4.69) is 18.3 Å². The minimum atomic E-state index is -2.99. The van der Waals surface area contributed by atoms with Gasteiger partial charge in [-0.05, 0) is 44.7 Å². The molecule has 1 saturated heterocycles. The largest absolute Gasteiger partial charge is 0.497 e. The summed E-state index contributed by atoms with van der Waals surface area (Å²) in [7, 11) is -2.99. The summed E-state index contributed by atoms with van der Waals surface area (Å²) in [6.45, 7) is 3.63. The normalized spacial score (nSPS) is 28.3. The van der Waals surface area contributed by atoms with Gasteiger partial charge >= 0.3 is 0 Å². The summed E-state index contributed by atoms with van der Waals surface area (Å²) < 4.78 is 30.3. The lowest BCUT2D eigenvalue weighted by Gasteiger charge is -2.33. The molecule has 2 rings (SSSR count). The summed E-state index contributed by atoms with van der Waals surface area (Å²) in [4.78, 5) is 0. The van der Waals surface area contributed by atoms with E-state index in [0.717, 1.165) is 50.8 Å². The van der Waals surface area contributed by atoms with Gasteiger partial charge in [0.2, 0.25) is 0 Å². The van der Waals surface area contributed by atoms with Crippen LogP contribution in [-0.4, -0.2) is 38.6 Å². The minimum absolute atomic E-state index is 0.148. The first kappa shape index (κ1) is 14.9. The molecule has 110 valence electrons. The van der Waals surface area contributed by atoms with Gasteiger partial charge in [0.25, 0.3) is 0 Å². The number of rotatable bonds is 5. The molecule has 1 N–H and O–H groups in total. The standard InChI is InChI=1S/C14H25NO3S/c1-2-9-15-14(12-7-3-5-10-18-12)13-8-4-6-11-19(13,16)17/h7,13-15H,2-6,8-11H2,1H3. The van der Waals surface area contributed by atoms with Crippen molar-refractivity contribution in [1.82, 2.24) is 5.32 Å². The van der Waals surface area contributed by atoms with E-state index in [-0.39, 0.29) is 11.3 Å². The lowest BCUT2D eigenvalue weighted by Crippen LogP contribution is -2.48. The molecule has 0 saturated carbocycles. The Hall–Kier alpha value is -0.550. The highest BCUT2D eigenvalue weighted by atomic mass is 32.2. The van der Waals surface area contributed by atoms with E-state index in [9.17, 15) is 8.42 Å². The van der Waals surface area contributed by atoms with Gasteiger partial charge in [0.1, 0.15) is 5.76 Å². The van der Waals surface area contributed by atoms with Gasteiger partial charge in [-0.1, -0.05) is 13.3 Å². The molecule has 2 aliphatic rings. The predicted molar refractivity (Wildman–Crippen MR) is 76.8 cm³/mol. The van der Waals surface area contributed by atoms with Crippen LogP contribution in [0.25, 0.3) is 0 Å². The van der Waals surface area contributed by atoms with Crippen LogP contribution in [0.3, 0.4) is 0 Å². The van der Waals surface area contributed by atoms with E-state index in [1.165, 1.54) is 0 Å². The lowest BCUT2D eigenvalue weighted by molar-refractivity contribution is 0.164. The Kier molecular flexibility index (Phi) is 5.28. The van der Waals surface area contributed by atoms with Crippen molar-refractivity contribution in [1.29, 1.82) is 0 Å². The van der Waals surface area contributed by atoms with Crippen LogP contribution < -0.4 is 5.32 Å². The van der Waals surface area contributed by atoms with Crippen molar-refractivity contribution < 1.29 is 13.2 Å². The molecule has 0 aromatic carbocycles. The van der Waals surface area contributed by atoms with Gasteiger partial charge < -0.3 is 10.1 Å². The molecule has 0 aromatic heterocycles. The Morgan fingerprint density at radius 3 is 2.89 bits per heavy atom. The van der Waals surface area contributed by atoms with Gasteiger partial charge in [0.15, 0.2) is 9.84 Å². The van der Waals surface area contributed by atoms with Crippen molar-refractivity contribution in [2.24, 2.45) is 0 Å². The van der Waals surface area contributed by atoms with E-state index < -0.39 is 9.84 Å². The quantitative estimate of drug-likeness (QED) is 0.840. The van der Waals surface area contributed by atoms with Crippen LogP contribution >= 0.6 is 0 Å². The Balaban J connectivity index is 2.18. The highest BCUT2D eigenvalue weighted by Crippen LogP contribution is 2.27. The van der Waals surface area contributed by atoms with Gasteiger partial charge in [0.05, 0.1) is 23.7 Å². The van der Waals surface area contributed by atoms with Crippen LogP contribution in [0.15, 0.2) is 11.8 Å². The Morgan fingerprint density at radius 2 is 2.26 bits per heavy atom. The molecule has 0 bridgehead atoms. The molecular weight excluding hydrogens is 262 g/mol.